The molecule has 3 nitrogen and oxygen atoms in total. The van der Waals surface area contributed by atoms with Gasteiger partial charge in [0.05, 0.1) is 13.2 Å². The number of hydrogen-bond acceptors (Lipinski definition) is 3. The van der Waals surface area contributed by atoms with Crippen molar-refractivity contribution in [2.75, 3.05) is 26.4 Å². The van der Waals surface area contributed by atoms with Crippen molar-refractivity contribution in [1.82, 2.24) is 0 Å². The first kappa shape index (κ1) is 12.7. The van der Waals surface area contributed by atoms with Crippen molar-refractivity contribution in [2.45, 2.75) is 6.92 Å². The fourth-order valence-electron chi connectivity index (χ4n) is 1.23. The molecule has 1 aromatic rings. The topological polar surface area (TPSA) is 38.7 Å². The van der Waals surface area contributed by atoms with E-state index in [4.69, 9.17) is 14.6 Å². The van der Waals surface area contributed by atoms with Gasteiger partial charge >= 0.3 is 0 Å². The molecule has 1 N–H and O–H groups in total. The van der Waals surface area contributed by atoms with Gasteiger partial charge in [-0.1, -0.05) is 24.3 Å². The quantitative estimate of drug-likeness (QED) is 0.718. The lowest BCUT2D eigenvalue weighted by atomic mass is 10.2. The molecule has 0 aliphatic rings. The van der Waals surface area contributed by atoms with Crippen LogP contribution in [0.2, 0.25) is 0 Å². The van der Waals surface area contributed by atoms with E-state index in [1.54, 1.807) is 6.08 Å². The third-order valence-corrected chi connectivity index (χ3v) is 2.00. The summed E-state index contributed by atoms with van der Waals surface area (Å²) in [6.45, 7) is 3.92. The summed E-state index contributed by atoms with van der Waals surface area (Å²) in [6, 6.07) is 7.70. The van der Waals surface area contributed by atoms with Gasteiger partial charge in [-0.05, 0) is 24.6 Å². The summed E-state index contributed by atoms with van der Waals surface area (Å²) in [5, 5.41) is 8.62. The lowest BCUT2D eigenvalue weighted by molar-refractivity contribution is 0.110. The average Bonchev–Trinajstić information content (AvgIpc) is 2.33. The summed E-state index contributed by atoms with van der Waals surface area (Å²) in [5.74, 6) is 0.834. The highest BCUT2D eigenvalue weighted by atomic mass is 16.5. The highest BCUT2D eigenvalue weighted by Crippen LogP contribution is 2.12. The van der Waals surface area contributed by atoms with E-state index >= 15 is 0 Å². The molecule has 0 atom stereocenters. The van der Waals surface area contributed by atoms with Gasteiger partial charge in [-0.2, -0.15) is 0 Å². The molecule has 0 bridgehead atoms. The minimum atomic E-state index is 0.0621. The van der Waals surface area contributed by atoms with Gasteiger partial charge in [0.25, 0.3) is 0 Å². The Morgan fingerprint density at radius 2 is 1.94 bits per heavy atom. The third-order valence-electron chi connectivity index (χ3n) is 2.00. The third kappa shape index (κ3) is 4.96. The molecule has 3 heteroatoms. The molecule has 88 valence electrons. The van der Waals surface area contributed by atoms with Crippen molar-refractivity contribution in [3.8, 4) is 5.75 Å². The largest absolute Gasteiger partial charge is 0.491 e. The molecule has 16 heavy (non-hydrogen) atoms. The SMILES string of the molecule is CCOCCOc1ccc(/C=C/CO)cc1. The highest BCUT2D eigenvalue weighted by Gasteiger charge is 1.93. The second-order valence-electron chi connectivity index (χ2n) is 3.20. The molecule has 0 heterocycles. The maximum Gasteiger partial charge on any atom is 0.119 e. The van der Waals surface area contributed by atoms with Crippen LogP contribution >= 0.6 is 0 Å². The monoisotopic (exact) mass is 222 g/mol. The molecule has 0 saturated carbocycles. The molecule has 0 amide bonds. The number of aliphatic hydroxyl groups is 1. The van der Waals surface area contributed by atoms with Crippen LogP contribution < -0.4 is 4.74 Å². The first-order valence-corrected chi connectivity index (χ1v) is 5.45. The molecule has 0 saturated heterocycles. The highest BCUT2D eigenvalue weighted by molar-refractivity contribution is 5.50. The first-order chi connectivity index (χ1) is 7.86. The van der Waals surface area contributed by atoms with E-state index in [0.29, 0.717) is 19.8 Å². The Morgan fingerprint density at radius 1 is 1.19 bits per heavy atom. The maximum atomic E-state index is 8.62. The van der Waals surface area contributed by atoms with Gasteiger partial charge in [0.15, 0.2) is 0 Å². The van der Waals surface area contributed by atoms with Crippen LogP contribution in [0, 0.1) is 0 Å². The molecular weight excluding hydrogens is 204 g/mol. The van der Waals surface area contributed by atoms with Crippen LogP contribution in [0.3, 0.4) is 0 Å². The normalized spacial score (nSPS) is 10.9. The Bertz CT molecular complexity index is 303. The van der Waals surface area contributed by atoms with Crippen LogP contribution in [-0.4, -0.2) is 31.5 Å². The summed E-state index contributed by atoms with van der Waals surface area (Å²) < 4.78 is 10.6. The second kappa shape index (κ2) is 7.91. The summed E-state index contributed by atoms with van der Waals surface area (Å²) in [4.78, 5) is 0. The Hall–Kier alpha value is -1.32. The molecule has 0 radical (unpaired) electrons. The van der Waals surface area contributed by atoms with E-state index in [9.17, 15) is 0 Å². The molecule has 0 unspecified atom stereocenters. The van der Waals surface area contributed by atoms with Gasteiger partial charge in [0, 0.05) is 6.61 Å². The zero-order valence-corrected chi connectivity index (χ0v) is 9.56. The van der Waals surface area contributed by atoms with Gasteiger partial charge in [0.2, 0.25) is 0 Å². The van der Waals surface area contributed by atoms with Crippen molar-refractivity contribution < 1.29 is 14.6 Å². The van der Waals surface area contributed by atoms with Crippen LogP contribution in [-0.2, 0) is 4.74 Å². The summed E-state index contributed by atoms with van der Waals surface area (Å²) in [7, 11) is 0. The van der Waals surface area contributed by atoms with E-state index in [1.165, 1.54) is 0 Å². The van der Waals surface area contributed by atoms with Crippen molar-refractivity contribution >= 4 is 6.08 Å². The summed E-state index contributed by atoms with van der Waals surface area (Å²) >= 11 is 0. The van der Waals surface area contributed by atoms with Gasteiger partial charge < -0.3 is 14.6 Å². The van der Waals surface area contributed by atoms with Crippen LogP contribution in [0.15, 0.2) is 30.3 Å². The van der Waals surface area contributed by atoms with Crippen LogP contribution in [0.1, 0.15) is 12.5 Å². The van der Waals surface area contributed by atoms with Gasteiger partial charge in [-0.25, -0.2) is 0 Å². The van der Waals surface area contributed by atoms with Crippen LogP contribution in [0.5, 0.6) is 5.75 Å². The molecule has 1 rings (SSSR count). The molecule has 0 aliphatic heterocycles. The van der Waals surface area contributed by atoms with Crippen molar-refractivity contribution in [3.05, 3.63) is 35.9 Å². The first-order valence-electron chi connectivity index (χ1n) is 5.45. The van der Waals surface area contributed by atoms with Crippen LogP contribution in [0.4, 0.5) is 0 Å². The Balaban J connectivity index is 2.36. The minimum Gasteiger partial charge on any atom is -0.491 e. The fraction of sp³-hybridized carbons (Fsp3) is 0.385. The van der Waals surface area contributed by atoms with Crippen LogP contribution in [0.25, 0.3) is 6.08 Å². The lowest BCUT2D eigenvalue weighted by Crippen LogP contribution is -2.06. The summed E-state index contributed by atoms with van der Waals surface area (Å²) in [5.41, 5.74) is 1.05. The van der Waals surface area contributed by atoms with E-state index < -0.39 is 0 Å². The van der Waals surface area contributed by atoms with E-state index in [0.717, 1.165) is 11.3 Å². The molecule has 0 aliphatic carbocycles. The van der Waals surface area contributed by atoms with Gasteiger partial charge in [-0.15, -0.1) is 0 Å². The van der Waals surface area contributed by atoms with Crippen molar-refractivity contribution in [2.24, 2.45) is 0 Å². The summed E-state index contributed by atoms with van der Waals surface area (Å²) in [6.07, 6.45) is 3.56. The molecular formula is C13H18O3. The Morgan fingerprint density at radius 3 is 2.56 bits per heavy atom. The smallest absolute Gasteiger partial charge is 0.119 e. The van der Waals surface area contributed by atoms with E-state index in [-0.39, 0.29) is 6.61 Å². The second-order valence-corrected chi connectivity index (χ2v) is 3.20. The number of rotatable bonds is 7. The zero-order valence-electron chi connectivity index (χ0n) is 9.56. The van der Waals surface area contributed by atoms with E-state index in [2.05, 4.69) is 0 Å². The number of hydrogen-bond donors (Lipinski definition) is 1. The van der Waals surface area contributed by atoms with E-state index in [1.807, 2.05) is 37.3 Å². The maximum absolute atomic E-state index is 8.62. The molecule has 0 aromatic heterocycles. The fourth-order valence-corrected chi connectivity index (χ4v) is 1.23. The average molecular weight is 222 g/mol. The number of benzene rings is 1. The van der Waals surface area contributed by atoms with Crippen molar-refractivity contribution in [3.63, 3.8) is 0 Å². The number of ether oxygens (including phenoxy) is 2. The Labute approximate surface area is 96.3 Å². The minimum absolute atomic E-state index is 0.0621. The standard InChI is InChI=1S/C13H18O3/c1-2-15-10-11-16-13-7-5-12(6-8-13)4-3-9-14/h3-8,14H,2,9-11H2,1H3/b4-3+. The Kier molecular flexibility index (Phi) is 6.30. The number of aliphatic hydroxyl groups excluding tert-OH is 1. The predicted octanol–water partition coefficient (Wildman–Crippen LogP) is 2.11. The van der Waals surface area contributed by atoms with Gasteiger partial charge in [0.1, 0.15) is 12.4 Å². The van der Waals surface area contributed by atoms with Crippen molar-refractivity contribution in [1.29, 1.82) is 0 Å². The molecule has 0 spiro atoms. The predicted molar refractivity (Wildman–Crippen MR) is 64.5 cm³/mol. The molecule has 0 fully saturated rings. The van der Waals surface area contributed by atoms with Gasteiger partial charge in [-0.3, -0.25) is 0 Å². The zero-order chi connectivity index (χ0) is 11.6. The molecule has 1 aromatic carbocycles. The lowest BCUT2D eigenvalue weighted by Gasteiger charge is -2.06.